The molecule has 3 aliphatic heterocycles. The average Bonchev–Trinajstić information content (AvgIpc) is 2.94. The lowest BCUT2D eigenvalue weighted by Crippen LogP contribution is -2.47. The van der Waals surface area contributed by atoms with Crippen molar-refractivity contribution >= 4 is 17.4 Å². The van der Waals surface area contributed by atoms with Gasteiger partial charge in [0.15, 0.2) is 0 Å². The summed E-state index contributed by atoms with van der Waals surface area (Å²) in [6.07, 6.45) is 7.82. The predicted octanol–water partition coefficient (Wildman–Crippen LogP) is 2.62. The molecule has 1 amide bonds. The summed E-state index contributed by atoms with van der Waals surface area (Å²) in [6, 6.07) is 4.45. The first-order chi connectivity index (χ1) is 12.7. The van der Waals surface area contributed by atoms with Gasteiger partial charge in [0.05, 0.1) is 5.69 Å². The highest BCUT2D eigenvalue weighted by molar-refractivity contribution is 7.08. The van der Waals surface area contributed by atoms with Gasteiger partial charge in [0, 0.05) is 44.6 Å². The molecule has 3 fully saturated rings. The maximum atomic E-state index is 13.2. The van der Waals surface area contributed by atoms with Crippen molar-refractivity contribution in [2.24, 2.45) is 5.92 Å². The molecule has 2 bridgehead atoms. The average molecular weight is 372 g/mol. The van der Waals surface area contributed by atoms with E-state index in [4.69, 9.17) is 0 Å². The van der Waals surface area contributed by atoms with Crippen molar-refractivity contribution in [2.75, 3.05) is 19.6 Å². The lowest BCUT2D eigenvalue weighted by molar-refractivity contribution is 0.0588. The second-order valence-corrected chi connectivity index (χ2v) is 8.16. The van der Waals surface area contributed by atoms with Gasteiger partial charge in [-0.2, -0.15) is 0 Å². The van der Waals surface area contributed by atoms with Gasteiger partial charge in [-0.1, -0.05) is 17.8 Å². The van der Waals surface area contributed by atoms with E-state index in [1.54, 1.807) is 0 Å². The molecule has 0 radical (unpaired) electrons. The van der Waals surface area contributed by atoms with Crippen LogP contribution in [0, 0.1) is 5.92 Å². The van der Waals surface area contributed by atoms with Crippen molar-refractivity contribution in [3.63, 3.8) is 0 Å². The van der Waals surface area contributed by atoms with Crippen LogP contribution in [0.1, 0.15) is 47.1 Å². The van der Waals surface area contributed by atoms with Crippen molar-refractivity contribution < 1.29 is 4.79 Å². The molecule has 6 nitrogen and oxygen atoms in total. The molecule has 0 unspecified atom stereocenters. The van der Waals surface area contributed by atoms with Crippen molar-refractivity contribution in [1.29, 1.82) is 0 Å². The zero-order valence-electron chi connectivity index (χ0n) is 15.2. The molecule has 26 heavy (non-hydrogen) atoms. The lowest BCUT2D eigenvalue weighted by Gasteiger charge is -2.36. The number of amides is 1. The molecule has 2 aromatic rings. The maximum absolute atomic E-state index is 13.2. The number of rotatable bonds is 5. The second-order valence-electron chi connectivity index (χ2n) is 7.40. The number of aryl methyl sites for hydroxylation is 1. The number of aromatic nitrogens is 3. The molecule has 3 aliphatic rings. The van der Waals surface area contributed by atoms with Gasteiger partial charge in [-0.25, -0.2) is 0 Å². The second kappa shape index (κ2) is 7.80. The zero-order chi connectivity index (χ0) is 17.9. The van der Waals surface area contributed by atoms with Crippen LogP contribution in [0.4, 0.5) is 0 Å². The Bertz CT molecular complexity index is 749. The highest BCUT2D eigenvalue weighted by Gasteiger charge is 2.38. The van der Waals surface area contributed by atoms with Crippen molar-refractivity contribution in [2.45, 2.75) is 45.2 Å². The van der Waals surface area contributed by atoms with Gasteiger partial charge < -0.3 is 4.90 Å². The highest BCUT2D eigenvalue weighted by atomic mass is 32.1. The van der Waals surface area contributed by atoms with E-state index < -0.39 is 0 Å². The Kier molecular flexibility index (Phi) is 5.26. The summed E-state index contributed by atoms with van der Waals surface area (Å²) in [5.41, 5.74) is 2.16. The fourth-order valence-electron chi connectivity index (χ4n) is 4.21. The molecule has 0 aliphatic carbocycles. The molecule has 138 valence electrons. The predicted molar refractivity (Wildman–Crippen MR) is 101 cm³/mol. The summed E-state index contributed by atoms with van der Waals surface area (Å²) in [4.78, 5) is 22.7. The minimum absolute atomic E-state index is 0.143. The smallest absolute Gasteiger partial charge is 0.267 e. The van der Waals surface area contributed by atoms with Crippen LogP contribution in [-0.2, 0) is 13.0 Å². The molecule has 0 spiro atoms. The van der Waals surface area contributed by atoms with Crippen LogP contribution in [0.15, 0.2) is 24.5 Å². The summed E-state index contributed by atoms with van der Waals surface area (Å²) >= 11 is 1.26. The summed E-state index contributed by atoms with van der Waals surface area (Å²) in [7, 11) is 0. The minimum Gasteiger partial charge on any atom is -0.333 e. The number of carbonyl (C=O) groups excluding carboxylic acids is 1. The highest BCUT2D eigenvalue weighted by Crippen LogP contribution is 2.31. The van der Waals surface area contributed by atoms with Crippen LogP contribution >= 0.6 is 11.5 Å². The molecule has 0 N–H and O–H groups in total. The summed E-state index contributed by atoms with van der Waals surface area (Å²) < 4.78 is 4.04. The number of hydrogen-bond donors (Lipinski definition) is 0. The van der Waals surface area contributed by atoms with Crippen LogP contribution in [-0.4, -0.2) is 56.0 Å². The van der Waals surface area contributed by atoms with E-state index in [2.05, 4.69) is 43.4 Å². The van der Waals surface area contributed by atoms with Gasteiger partial charge in [0.25, 0.3) is 5.91 Å². The first-order valence-corrected chi connectivity index (χ1v) is 10.3. The Balaban J connectivity index is 1.49. The standard InChI is InChI=1S/C19H25N5OS/c1-2-3-17-18(26-22-21-17)19(25)24-12-15-4-5-16(24)13-23(11-15)10-14-6-8-20-9-7-14/h6-9,15-16H,2-5,10-13H2,1H3/t15-,16+/m0/s1. The summed E-state index contributed by atoms with van der Waals surface area (Å²) in [5.74, 6) is 0.693. The Hall–Kier alpha value is -1.86. The molecule has 7 heteroatoms. The number of nitrogens with zero attached hydrogens (tertiary/aromatic N) is 5. The third-order valence-electron chi connectivity index (χ3n) is 5.44. The van der Waals surface area contributed by atoms with E-state index in [0.717, 1.165) is 56.0 Å². The topological polar surface area (TPSA) is 62.2 Å². The normalized spacial score (nSPS) is 23.2. The number of pyridine rings is 1. The molecule has 3 saturated heterocycles. The van der Waals surface area contributed by atoms with Gasteiger partial charge in [0.1, 0.15) is 4.88 Å². The van der Waals surface area contributed by atoms with Crippen LogP contribution < -0.4 is 0 Å². The van der Waals surface area contributed by atoms with E-state index in [1.165, 1.54) is 23.5 Å². The first-order valence-electron chi connectivity index (χ1n) is 9.48. The number of fused-ring (bicyclic) bond motifs is 4. The Morgan fingerprint density at radius 1 is 1.23 bits per heavy atom. The van der Waals surface area contributed by atoms with E-state index in [-0.39, 0.29) is 5.91 Å². The molecule has 0 saturated carbocycles. The first kappa shape index (κ1) is 17.5. The van der Waals surface area contributed by atoms with E-state index in [0.29, 0.717) is 12.0 Å². The Morgan fingerprint density at radius 2 is 2.08 bits per heavy atom. The quantitative estimate of drug-likeness (QED) is 0.808. The van der Waals surface area contributed by atoms with Crippen LogP contribution in [0.5, 0.6) is 0 Å². The molecule has 2 aromatic heterocycles. The molecule has 5 rings (SSSR count). The molecular weight excluding hydrogens is 346 g/mol. The number of piperidine rings is 1. The van der Waals surface area contributed by atoms with Crippen LogP contribution in [0.2, 0.25) is 0 Å². The van der Waals surface area contributed by atoms with E-state index >= 15 is 0 Å². The number of carbonyl (C=O) groups is 1. The summed E-state index contributed by atoms with van der Waals surface area (Å²) in [6.45, 7) is 5.91. The van der Waals surface area contributed by atoms with Crippen molar-refractivity contribution in [3.8, 4) is 0 Å². The molecule has 0 aromatic carbocycles. The summed E-state index contributed by atoms with van der Waals surface area (Å²) in [5, 5.41) is 4.18. The van der Waals surface area contributed by atoms with Crippen LogP contribution in [0.25, 0.3) is 0 Å². The van der Waals surface area contributed by atoms with Gasteiger partial charge >= 0.3 is 0 Å². The largest absolute Gasteiger partial charge is 0.333 e. The monoisotopic (exact) mass is 371 g/mol. The van der Waals surface area contributed by atoms with Gasteiger partial charge in [-0.15, -0.1) is 5.10 Å². The Morgan fingerprint density at radius 3 is 2.88 bits per heavy atom. The van der Waals surface area contributed by atoms with E-state index in [9.17, 15) is 4.79 Å². The van der Waals surface area contributed by atoms with Crippen LogP contribution in [0.3, 0.4) is 0 Å². The fourth-order valence-corrected chi connectivity index (χ4v) is 4.87. The zero-order valence-corrected chi connectivity index (χ0v) is 16.0. The van der Waals surface area contributed by atoms with Gasteiger partial charge in [0.2, 0.25) is 0 Å². The molecular formula is C19H25N5OS. The van der Waals surface area contributed by atoms with Crippen molar-refractivity contribution in [1.82, 2.24) is 24.4 Å². The maximum Gasteiger partial charge on any atom is 0.267 e. The SMILES string of the molecule is CCCc1nnsc1C(=O)N1C[C@H]2CC[C@@H]1CN(Cc1ccncc1)C2. The van der Waals surface area contributed by atoms with Gasteiger partial charge in [-0.05, 0) is 54.4 Å². The lowest BCUT2D eigenvalue weighted by atomic mass is 9.94. The molecule has 2 atom stereocenters. The van der Waals surface area contributed by atoms with Crippen molar-refractivity contribution in [3.05, 3.63) is 40.7 Å². The van der Waals surface area contributed by atoms with Gasteiger partial charge in [-0.3, -0.25) is 14.7 Å². The van der Waals surface area contributed by atoms with E-state index in [1.807, 2.05) is 12.4 Å². The number of hydrogen-bond acceptors (Lipinski definition) is 6. The third-order valence-corrected chi connectivity index (χ3v) is 6.20. The minimum atomic E-state index is 0.143. The molecule has 5 heterocycles. The fraction of sp³-hybridized carbons (Fsp3) is 0.579. The Labute approximate surface area is 158 Å². The third kappa shape index (κ3) is 3.64.